The van der Waals surface area contributed by atoms with Crippen LogP contribution in [0, 0.1) is 11.6 Å². The molecular formula is C16H16F2N2O4S2. The molecule has 6 nitrogen and oxygen atoms in total. The first-order chi connectivity index (χ1) is 12.2. The Morgan fingerprint density at radius 1 is 0.846 bits per heavy atom. The highest BCUT2D eigenvalue weighted by Gasteiger charge is 2.27. The molecule has 3 rings (SSSR count). The van der Waals surface area contributed by atoms with Gasteiger partial charge in [0.2, 0.25) is 10.0 Å². The second-order valence-corrected chi connectivity index (χ2v) is 9.44. The van der Waals surface area contributed by atoms with Gasteiger partial charge in [0.15, 0.2) is 11.6 Å². The molecule has 2 aromatic rings. The molecule has 1 N–H and O–H groups in total. The van der Waals surface area contributed by atoms with Crippen LogP contribution in [0.15, 0.2) is 52.3 Å². The molecule has 2 aromatic carbocycles. The van der Waals surface area contributed by atoms with Crippen LogP contribution >= 0.6 is 0 Å². The van der Waals surface area contributed by atoms with E-state index in [4.69, 9.17) is 0 Å². The monoisotopic (exact) mass is 402 g/mol. The maximum Gasteiger partial charge on any atom is 0.261 e. The molecule has 0 bridgehead atoms. The molecule has 1 aliphatic heterocycles. The molecule has 0 unspecified atom stereocenters. The topological polar surface area (TPSA) is 83.5 Å². The SMILES string of the molecule is O=S(=O)(Nc1cccc(S(=O)(=O)N2CCCC2)c1)c1ccc(F)c(F)c1. The smallest absolute Gasteiger partial charge is 0.261 e. The Labute approximate surface area is 150 Å². The Balaban J connectivity index is 1.89. The zero-order valence-corrected chi connectivity index (χ0v) is 15.2. The number of hydrogen-bond donors (Lipinski definition) is 1. The fourth-order valence-corrected chi connectivity index (χ4v) is 5.28. The average molecular weight is 402 g/mol. The van der Waals surface area contributed by atoms with Gasteiger partial charge in [0.1, 0.15) is 0 Å². The van der Waals surface area contributed by atoms with Gasteiger partial charge in [-0.1, -0.05) is 6.07 Å². The molecule has 1 saturated heterocycles. The fraction of sp³-hybridized carbons (Fsp3) is 0.250. The van der Waals surface area contributed by atoms with Crippen molar-refractivity contribution in [1.82, 2.24) is 4.31 Å². The Kier molecular flexibility index (Phi) is 5.00. The molecule has 0 atom stereocenters. The lowest BCUT2D eigenvalue weighted by atomic mass is 10.3. The van der Waals surface area contributed by atoms with Gasteiger partial charge >= 0.3 is 0 Å². The molecule has 1 heterocycles. The van der Waals surface area contributed by atoms with Crippen LogP contribution in [-0.4, -0.2) is 34.2 Å². The molecule has 0 spiro atoms. The quantitative estimate of drug-likeness (QED) is 0.833. The van der Waals surface area contributed by atoms with E-state index < -0.39 is 36.6 Å². The molecule has 26 heavy (non-hydrogen) atoms. The molecule has 1 fully saturated rings. The third-order valence-corrected chi connectivity index (χ3v) is 7.26. The van der Waals surface area contributed by atoms with Gasteiger partial charge in [-0.25, -0.2) is 25.6 Å². The Morgan fingerprint density at radius 3 is 2.19 bits per heavy atom. The van der Waals surface area contributed by atoms with Crippen LogP contribution in [0.1, 0.15) is 12.8 Å². The molecule has 0 saturated carbocycles. The average Bonchev–Trinajstić information content (AvgIpc) is 3.12. The molecule has 140 valence electrons. The molecule has 0 aliphatic carbocycles. The van der Waals surface area contributed by atoms with Crippen LogP contribution in [0.5, 0.6) is 0 Å². The molecule has 1 aliphatic rings. The highest BCUT2D eigenvalue weighted by molar-refractivity contribution is 7.92. The van der Waals surface area contributed by atoms with Gasteiger partial charge in [-0.05, 0) is 49.2 Å². The van der Waals surface area contributed by atoms with Crippen molar-refractivity contribution in [2.75, 3.05) is 17.8 Å². The first-order valence-electron chi connectivity index (χ1n) is 7.78. The Bertz CT molecular complexity index is 1030. The summed E-state index contributed by atoms with van der Waals surface area (Å²) < 4.78 is 79.6. The van der Waals surface area contributed by atoms with Gasteiger partial charge in [-0.15, -0.1) is 0 Å². The van der Waals surface area contributed by atoms with Crippen LogP contribution in [-0.2, 0) is 20.0 Å². The van der Waals surface area contributed by atoms with Crippen molar-refractivity contribution in [3.05, 3.63) is 54.1 Å². The van der Waals surface area contributed by atoms with Crippen molar-refractivity contribution >= 4 is 25.7 Å². The standard InChI is InChI=1S/C16H16F2N2O4S2/c17-15-7-6-13(11-16(15)18)25(21,22)19-12-4-3-5-14(10-12)26(23,24)20-8-1-2-9-20/h3-7,10-11,19H,1-2,8-9H2. The second-order valence-electron chi connectivity index (χ2n) is 5.82. The number of nitrogens with one attached hydrogen (secondary N) is 1. The van der Waals surface area contributed by atoms with E-state index in [1.165, 1.54) is 28.6 Å². The fourth-order valence-electron chi connectivity index (χ4n) is 2.66. The summed E-state index contributed by atoms with van der Waals surface area (Å²) in [6.07, 6.45) is 1.56. The Morgan fingerprint density at radius 2 is 1.54 bits per heavy atom. The van der Waals surface area contributed by atoms with Gasteiger partial charge in [0, 0.05) is 13.1 Å². The van der Waals surface area contributed by atoms with Crippen molar-refractivity contribution in [3.8, 4) is 0 Å². The largest absolute Gasteiger partial charge is 0.280 e. The number of hydrogen-bond acceptors (Lipinski definition) is 4. The van der Waals surface area contributed by atoms with Gasteiger partial charge in [0.25, 0.3) is 10.0 Å². The Hall–Kier alpha value is -2.04. The van der Waals surface area contributed by atoms with Crippen LogP contribution in [0.3, 0.4) is 0 Å². The predicted octanol–water partition coefficient (Wildman–Crippen LogP) is 2.55. The van der Waals surface area contributed by atoms with Gasteiger partial charge < -0.3 is 0 Å². The van der Waals surface area contributed by atoms with Crippen LogP contribution in [0.25, 0.3) is 0 Å². The normalized spacial score (nSPS) is 15.9. The van der Waals surface area contributed by atoms with E-state index in [9.17, 15) is 25.6 Å². The molecular weight excluding hydrogens is 386 g/mol. The highest BCUT2D eigenvalue weighted by atomic mass is 32.2. The molecule has 0 radical (unpaired) electrons. The third kappa shape index (κ3) is 3.71. The minimum absolute atomic E-state index is 0.00926. The number of nitrogens with zero attached hydrogens (tertiary/aromatic N) is 1. The van der Waals surface area contributed by atoms with Gasteiger partial charge in [-0.3, -0.25) is 4.72 Å². The van der Waals surface area contributed by atoms with E-state index in [1.54, 1.807) is 0 Å². The van der Waals surface area contributed by atoms with Crippen molar-refractivity contribution in [1.29, 1.82) is 0 Å². The van der Waals surface area contributed by atoms with E-state index >= 15 is 0 Å². The number of halogens is 2. The number of rotatable bonds is 5. The zero-order chi connectivity index (χ0) is 18.9. The summed E-state index contributed by atoms with van der Waals surface area (Å²) in [5.41, 5.74) is 0.00926. The van der Waals surface area contributed by atoms with E-state index in [1.807, 2.05) is 0 Å². The van der Waals surface area contributed by atoms with Crippen LogP contribution < -0.4 is 4.72 Å². The third-order valence-electron chi connectivity index (χ3n) is 3.99. The van der Waals surface area contributed by atoms with Gasteiger partial charge in [-0.2, -0.15) is 4.31 Å². The summed E-state index contributed by atoms with van der Waals surface area (Å²) in [5.74, 6) is -2.46. The summed E-state index contributed by atoms with van der Waals surface area (Å²) in [4.78, 5) is -0.505. The number of anilines is 1. The van der Waals surface area contributed by atoms with Crippen molar-refractivity contribution in [2.45, 2.75) is 22.6 Å². The summed E-state index contributed by atoms with van der Waals surface area (Å²) in [6.45, 7) is 0.848. The predicted molar refractivity (Wildman–Crippen MR) is 91.6 cm³/mol. The van der Waals surface area contributed by atoms with E-state index in [-0.39, 0.29) is 10.6 Å². The lowest BCUT2D eigenvalue weighted by molar-refractivity contribution is 0.477. The highest BCUT2D eigenvalue weighted by Crippen LogP contribution is 2.24. The lowest BCUT2D eigenvalue weighted by Crippen LogP contribution is -2.27. The van der Waals surface area contributed by atoms with Crippen molar-refractivity contribution < 1.29 is 25.6 Å². The van der Waals surface area contributed by atoms with Crippen LogP contribution in [0.4, 0.5) is 14.5 Å². The lowest BCUT2D eigenvalue weighted by Gasteiger charge is -2.16. The molecule has 10 heteroatoms. The summed E-state index contributed by atoms with van der Waals surface area (Å²) in [6, 6.07) is 7.55. The van der Waals surface area contributed by atoms with Crippen molar-refractivity contribution in [3.63, 3.8) is 0 Å². The number of benzene rings is 2. The minimum Gasteiger partial charge on any atom is -0.280 e. The summed E-state index contributed by atoms with van der Waals surface area (Å²) in [7, 11) is -7.90. The van der Waals surface area contributed by atoms with Gasteiger partial charge in [0.05, 0.1) is 15.5 Å². The minimum atomic E-state index is -4.20. The van der Waals surface area contributed by atoms with Crippen LogP contribution in [0.2, 0.25) is 0 Å². The molecule has 0 aromatic heterocycles. The molecule has 0 amide bonds. The van der Waals surface area contributed by atoms with E-state index in [0.717, 1.165) is 18.9 Å². The maximum absolute atomic E-state index is 13.3. The second kappa shape index (κ2) is 6.93. The first kappa shape index (κ1) is 18.7. The zero-order valence-electron chi connectivity index (χ0n) is 13.5. The summed E-state index contributed by atoms with van der Waals surface area (Å²) >= 11 is 0. The maximum atomic E-state index is 13.3. The van der Waals surface area contributed by atoms with E-state index in [2.05, 4.69) is 4.72 Å². The summed E-state index contributed by atoms with van der Waals surface area (Å²) in [5, 5.41) is 0. The number of sulfonamides is 2. The van der Waals surface area contributed by atoms with Crippen molar-refractivity contribution in [2.24, 2.45) is 0 Å². The van der Waals surface area contributed by atoms with E-state index in [0.29, 0.717) is 25.2 Å². The first-order valence-corrected chi connectivity index (χ1v) is 10.7.